The van der Waals surface area contributed by atoms with Crippen molar-refractivity contribution in [3.8, 4) is 45.1 Å². The number of benzene rings is 7. The Morgan fingerprint density at radius 1 is 0.571 bits per heavy atom. The zero-order chi connectivity index (χ0) is 42.9. The molecule has 0 fully saturated rings. The summed E-state index contributed by atoms with van der Waals surface area (Å²) in [6.45, 7) is 12.8. The van der Waals surface area contributed by atoms with Crippen LogP contribution >= 0.6 is 0 Å². The maximum absolute atomic E-state index is 5.34. The van der Waals surface area contributed by atoms with Gasteiger partial charge < -0.3 is 9.13 Å². The molecule has 0 aliphatic carbocycles. The predicted molar refractivity (Wildman–Crippen MR) is 268 cm³/mol. The van der Waals surface area contributed by atoms with Gasteiger partial charge in [-0.2, -0.15) is 0 Å². The normalized spacial score (nSPS) is 12.3. The molecule has 7 aromatic carbocycles. The van der Waals surface area contributed by atoms with Gasteiger partial charge in [-0.15, -0.1) is 0 Å². The number of aromatic nitrogens is 4. The van der Waals surface area contributed by atoms with Crippen molar-refractivity contribution in [1.29, 1.82) is 0 Å². The lowest BCUT2D eigenvalue weighted by Gasteiger charge is -2.22. The van der Waals surface area contributed by atoms with E-state index in [1.165, 1.54) is 21.5 Å². The van der Waals surface area contributed by atoms with Crippen LogP contribution in [0.4, 0.5) is 0 Å². The van der Waals surface area contributed by atoms with E-state index in [-0.39, 0.29) is 0 Å². The van der Waals surface area contributed by atoms with Crippen LogP contribution in [0.3, 0.4) is 0 Å². The molecule has 0 saturated heterocycles. The molecule has 0 aliphatic heterocycles. The van der Waals surface area contributed by atoms with Gasteiger partial charge in [0.05, 0.1) is 39.1 Å². The Morgan fingerprint density at radius 2 is 1.16 bits per heavy atom. The van der Waals surface area contributed by atoms with Crippen molar-refractivity contribution >= 4 is 54.8 Å². The minimum Gasteiger partial charge on any atom is -0.307 e. The van der Waals surface area contributed by atoms with E-state index in [4.69, 9.17) is 9.97 Å². The third-order valence-corrected chi connectivity index (χ3v) is 11.9. The van der Waals surface area contributed by atoms with Gasteiger partial charge in [0.1, 0.15) is 0 Å². The molecule has 0 spiro atoms. The van der Waals surface area contributed by atoms with E-state index in [1.807, 2.05) is 30.4 Å². The molecule has 0 amide bonds. The van der Waals surface area contributed by atoms with Gasteiger partial charge in [0.15, 0.2) is 5.82 Å². The molecule has 0 aliphatic rings. The van der Waals surface area contributed by atoms with E-state index in [0.717, 1.165) is 90.2 Å². The molecule has 10 rings (SSSR count). The third kappa shape index (κ3) is 6.83. The summed E-state index contributed by atoms with van der Waals surface area (Å²) in [7, 11) is 0. The lowest BCUT2D eigenvalue weighted by molar-refractivity contribution is 1.14. The van der Waals surface area contributed by atoms with E-state index in [1.54, 1.807) is 0 Å². The van der Waals surface area contributed by atoms with Crippen LogP contribution in [0.5, 0.6) is 0 Å². The smallest absolute Gasteiger partial charge is 0.160 e. The van der Waals surface area contributed by atoms with Crippen LogP contribution in [0.15, 0.2) is 219 Å². The van der Waals surface area contributed by atoms with Gasteiger partial charge in [-0.1, -0.05) is 184 Å². The molecule has 0 unspecified atom stereocenters. The minimum atomic E-state index is 0.670. The zero-order valence-electron chi connectivity index (χ0n) is 35.5. The number of nitrogens with zero attached hydrogens (tertiary/aromatic N) is 4. The summed E-state index contributed by atoms with van der Waals surface area (Å²) in [6.07, 6.45) is 13.2. The van der Waals surface area contributed by atoms with Gasteiger partial charge in [0.25, 0.3) is 0 Å². The van der Waals surface area contributed by atoms with Crippen molar-refractivity contribution in [2.45, 2.75) is 20.3 Å². The zero-order valence-corrected chi connectivity index (χ0v) is 35.5. The average Bonchev–Trinajstić information content (AvgIpc) is 3.87. The summed E-state index contributed by atoms with van der Waals surface area (Å²) >= 11 is 0. The van der Waals surface area contributed by atoms with E-state index >= 15 is 0 Å². The fourth-order valence-corrected chi connectivity index (χ4v) is 9.09. The van der Waals surface area contributed by atoms with Gasteiger partial charge in [-0.3, -0.25) is 0 Å². The van der Waals surface area contributed by atoms with E-state index < -0.39 is 0 Å². The van der Waals surface area contributed by atoms with Crippen LogP contribution < -0.4 is 0 Å². The summed E-state index contributed by atoms with van der Waals surface area (Å²) in [5, 5.41) is 4.74. The molecule has 0 N–H and O–H groups in total. The molecule has 4 nitrogen and oxygen atoms in total. The van der Waals surface area contributed by atoms with Crippen LogP contribution in [0, 0.1) is 0 Å². The molecule has 0 bridgehead atoms. The molecule has 3 aromatic heterocycles. The Kier molecular flexibility index (Phi) is 10.4. The third-order valence-electron chi connectivity index (χ3n) is 11.9. The highest BCUT2D eigenvalue weighted by atomic mass is 15.0. The van der Waals surface area contributed by atoms with Gasteiger partial charge in [-0.05, 0) is 72.5 Å². The van der Waals surface area contributed by atoms with E-state index in [2.05, 4.69) is 212 Å². The SMILES string of the molecule is C=C/C=C(\C=C)c1cc(-c2cc(C(/C=C\CC)=C/C)nc(-c3ccccc3)n2)cc(-c2ccccc2)c1-n1c2ccccc2c2ccc3c4ccccc4n(-c4ccccc4)c3c21. The summed E-state index contributed by atoms with van der Waals surface area (Å²) in [6, 6.07) is 60.5. The Labute approximate surface area is 368 Å². The maximum Gasteiger partial charge on any atom is 0.160 e. The van der Waals surface area contributed by atoms with Crippen molar-refractivity contribution in [3.63, 3.8) is 0 Å². The van der Waals surface area contributed by atoms with E-state index in [9.17, 15) is 0 Å². The van der Waals surface area contributed by atoms with Crippen LogP contribution in [0.2, 0.25) is 0 Å². The fraction of sp³-hybridized carbons (Fsp3) is 0.0508. The number of allylic oxidation sites excluding steroid dienone is 8. The monoisotopic (exact) mass is 810 g/mol. The second-order valence-corrected chi connectivity index (χ2v) is 15.6. The van der Waals surface area contributed by atoms with Crippen molar-refractivity contribution < 1.29 is 0 Å². The lowest BCUT2D eigenvalue weighted by atomic mass is 9.91. The molecule has 3 heterocycles. The van der Waals surface area contributed by atoms with Crippen molar-refractivity contribution in [2.75, 3.05) is 0 Å². The molecule has 302 valence electrons. The number of hydrogen-bond acceptors (Lipinski definition) is 2. The first-order valence-corrected chi connectivity index (χ1v) is 21.6. The number of hydrogen-bond donors (Lipinski definition) is 0. The molecule has 0 saturated carbocycles. The number of para-hydroxylation sites is 3. The van der Waals surface area contributed by atoms with Crippen LogP contribution in [-0.2, 0) is 0 Å². The summed E-state index contributed by atoms with van der Waals surface area (Å²) < 4.78 is 4.94. The predicted octanol–water partition coefficient (Wildman–Crippen LogP) is 15.8. The Balaban J connectivity index is 1.39. The summed E-state index contributed by atoms with van der Waals surface area (Å²) in [5.74, 6) is 0.670. The van der Waals surface area contributed by atoms with Crippen LogP contribution in [0.1, 0.15) is 31.5 Å². The van der Waals surface area contributed by atoms with Crippen LogP contribution in [0.25, 0.3) is 99.9 Å². The topological polar surface area (TPSA) is 35.6 Å². The average molecular weight is 811 g/mol. The quantitative estimate of drug-likeness (QED) is 0.122. The molecule has 0 radical (unpaired) electrons. The lowest BCUT2D eigenvalue weighted by Crippen LogP contribution is -2.05. The van der Waals surface area contributed by atoms with E-state index in [0.29, 0.717) is 5.82 Å². The standard InChI is InChI=1S/C59H46N4/c1-5-9-24-41(8-4)52-39-53(61-59(60-52)43-27-15-11-16-28-43)44-37-50(40(7-3)23-6-2)56(51(38-44)42-25-13-10-14-26-42)63-55-34-22-20-32-47(55)49-36-35-48-46-31-19-21-33-54(46)62(57(48)58(49)63)45-29-17-12-18-30-45/h6-39H,2-3,5H2,1,4H3/b24-9-,40-23+,41-8+. The molecular formula is C59H46N4. The van der Waals surface area contributed by atoms with Gasteiger partial charge in [-0.25, -0.2) is 9.97 Å². The number of fused-ring (bicyclic) bond motifs is 7. The first kappa shape index (κ1) is 39.1. The molecule has 0 atom stereocenters. The van der Waals surface area contributed by atoms with Crippen LogP contribution in [-0.4, -0.2) is 19.1 Å². The van der Waals surface area contributed by atoms with Crippen molar-refractivity contribution in [2.24, 2.45) is 0 Å². The molecule has 10 aromatic rings. The number of rotatable bonds is 11. The maximum atomic E-state index is 5.34. The molecular weight excluding hydrogens is 765 g/mol. The molecule has 63 heavy (non-hydrogen) atoms. The highest BCUT2D eigenvalue weighted by Crippen LogP contribution is 2.46. The van der Waals surface area contributed by atoms with Crippen molar-refractivity contribution in [1.82, 2.24) is 19.1 Å². The summed E-state index contributed by atoms with van der Waals surface area (Å²) in [4.78, 5) is 10.5. The van der Waals surface area contributed by atoms with Gasteiger partial charge >= 0.3 is 0 Å². The summed E-state index contributed by atoms with van der Waals surface area (Å²) in [5.41, 5.74) is 15.4. The largest absolute Gasteiger partial charge is 0.307 e. The van der Waals surface area contributed by atoms with Gasteiger partial charge in [0, 0.05) is 49.5 Å². The first-order chi connectivity index (χ1) is 31.1. The van der Waals surface area contributed by atoms with Gasteiger partial charge in [0.2, 0.25) is 0 Å². The Bertz CT molecular complexity index is 3450. The highest BCUT2D eigenvalue weighted by molar-refractivity contribution is 6.24. The fourth-order valence-electron chi connectivity index (χ4n) is 9.09. The second-order valence-electron chi connectivity index (χ2n) is 15.6. The highest BCUT2D eigenvalue weighted by Gasteiger charge is 2.26. The minimum absolute atomic E-state index is 0.670. The Hall–Kier alpha value is -8.08. The second kappa shape index (κ2) is 16.8. The first-order valence-electron chi connectivity index (χ1n) is 21.6. The molecule has 4 heteroatoms. The van der Waals surface area contributed by atoms with Crippen molar-refractivity contribution in [3.05, 3.63) is 231 Å². The Morgan fingerprint density at radius 3 is 1.78 bits per heavy atom.